The van der Waals surface area contributed by atoms with E-state index in [-0.39, 0.29) is 11.4 Å². The van der Waals surface area contributed by atoms with Crippen molar-refractivity contribution in [3.8, 4) is 10.6 Å². The van der Waals surface area contributed by atoms with Gasteiger partial charge in [0, 0.05) is 28.5 Å². The smallest absolute Gasteiger partial charge is 0.150 e. The van der Waals surface area contributed by atoms with E-state index in [1.165, 1.54) is 17.4 Å². The largest absolute Gasteiger partial charge is 0.312 e. The average Bonchev–Trinajstić information content (AvgIpc) is 2.75. The van der Waals surface area contributed by atoms with Gasteiger partial charge in [-0.1, -0.05) is 27.3 Å². The third-order valence-corrected chi connectivity index (χ3v) is 4.13. The number of benzene rings is 1. The first-order valence-corrected chi connectivity index (χ1v) is 7.99. The van der Waals surface area contributed by atoms with Crippen LogP contribution in [0.25, 0.3) is 10.6 Å². The van der Waals surface area contributed by atoms with E-state index in [0.29, 0.717) is 10.6 Å². The van der Waals surface area contributed by atoms with Gasteiger partial charge in [0.05, 0.1) is 0 Å². The summed E-state index contributed by atoms with van der Waals surface area (Å²) in [4.78, 5) is 0. The Bertz CT molecular complexity index is 592. The normalized spacial score (nSPS) is 11.8. The number of halogens is 2. The molecule has 0 aliphatic heterocycles. The highest BCUT2D eigenvalue weighted by molar-refractivity contribution is 9.10. The molecule has 0 spiro atoms. The first-order chi connectivity index (χ1) is 9.35. The monoisotopic (exact) mass is 357 g/mol. The van der Waals surface area contributed by atoms with Gasteiger partial charge in [-0.25, -0.2) is 4.39 Å². The summed E-state index contributed by atoms with van der Waals surface area (Å²) < 4.78 is 14.6. The summed E-state index contributed by atoms with van der Waals surface area (Å²) in [6.07, 6.45) is 0.799. The second-order valence-corrected chi connectivity index (χ2v) is 7.53. The van der Waals surface area contributed by atoms with Crippen molar-refractivity contribution in [2.24, 2.45) is 0 Å². The molecule has 0 aliphatic carbocycles. The van der Waals surface area contributed by atoms with Gasteiger partial charge in [0.2, 0.25) is 0 Å². The maximum atomic E-state index is 13.9. The number of aromatic nitrogens is 2. The Morgan fingerprint density at radius 2 is 2.05 bits per heavy atom. The molecule has 108 valence electrons. The molecule has 20 heavy (non-hydrogen) atoms. The lowest BCUT2D eigenvalue weighted by molar-refractivity contribution is 0.429. The highest BCUT2D eigenvalue weighted by Crippen LogP contribution is 2.28. The first-order valence-electron chi connectivity index (χ1n) is 6.38. The summed E-state index contributed by atoms with van der Waals surface area (Å²) in [5.74, 6) is -0.283. The average molecular weight is 358 g/mol. The third kappa shape index (κ3) is 4.33. The summed E-state index contributed by atoms with van der Waals surface area (Å²) in [5.41, 5.74) is 0.589. The Morgan fingerprint density at radius 1 is 1.30 bits per heavy atom. The van der Waals surface area contributed by atoms with Crippen molar-refractivity contribution < 1.29 is 4.39 Å². The summed E-state index contributed by atoms with van der Waals surface area (Å²) in [7, 11) is 0. The van der Waals surface area contributed by atoms with Crippen LogP contribution in [0.5, 0.6) is 0 Å². The SMILES string of the molecule is CC(C)(C)NCCc1nnc(-c2ccc(Br)cc2F)s1. The van der Waals surface area contributed by atoms with Crippen LogP contribution in [-0.4, -0.2) is 22.3 Å². The second kappa shape index (κ2) is 6.28. The highest BCUT2D eigenvalue weighted by atomic mass is 79.9. The standard InChI is InChI=1S/C14H17BrFN3S/c1-14(2,3)17-7-6-12-18-19-13(20-12)10-5-4-9(15)8-11(10)16/h4-5,8,17H,6-7H2,1-3H3. The van der Waals surface area contributed by atoms with Crippen LogP contribution in [0.2, 0.25) is 0 Å². The zero-order valence-electron chi connectivity index (χ0n) is 11.7. The molecule has 0 atom stereocenters. The van der Waals surface area contributed by atoms with Crippen LogP contribution in [0.3, 0.4) is 0 Å². The molecule has 0 amide bonds. The van der Waals surface area contributed by atoms with E-state index in [4.69, 9.17) is 0 Å². The molecule has 2 aromatic rings. The van der Waals surface area contributed by atoms with Crippen LogP contribution in [0.1, 0.15) is 25.8 Å². The number of rotatable bonds is 4. The Balaban J connectivity index is 2.05. The van der Waals surface area contributed by atoms with Gasteiger partial charge in [-0.2, -0.15) is 0 Å². The lowest BCUT2D eigenvalue weighted by Crippen LogP contribution is -2.37. The third-order valence-electron chi connectivity index (χ3n) is 2.62. The molecule has 1 N–H and O–H groups in total. The molecular formula is C14H17BrFN3S. The van der Waals surface area contributed by atoms with Crippen molar-refractivity contribution in [1.29, 1.82) is 0 Å². The fraction of sp³-hybridized carbons (Fsp3) is 0.429. The van der Waals surface area contributed by atoms with Gasteiger partial charge in [0.15, 0.2) is 5.01 Å². The van der Waals surface area contributed by atoms with Crippen LogP contribution in [-0.2, 0) is 6.42 Å². The molecule has 1 heterocycles. The molecule has 0 saturated heterocycles. The van der Waals surface area contributed by atoms with E-state index < -0.39 is 0 Å². The highest BCUT2D eigenvalue weighted by Gasteiger charge is 2.13. The number of nitrogens with one attached hydrogen (secondary N) is 1. The van der Waals surface area contributed by atoms with Gasteiger partial charge in [-0.3, -0.25) is 0 Å². The topological polar surface area (TPSA) is 37.8 Å². The van der Waals surface area contributed by atoms with E-state index >= 15 is 0 Å². The number of hydrogen-bond acceptors (Lipinski definition) is 4. The summed E-state index contributed by atoms with van der Waals surface area (Å²) in [6, 6.07) is 4.97. The predicted octanol–water partition coefficient (Wildman–Crippen LogP) is 4.04. The first kappa shape index (κ1) is 15.5. The van der Waals surface area contributed by atoms with Crippen molar-refractivity contribution in [1.82, 2.24) is 15.5 Å². The lowest BCUT2D eigenvalue weighted by atomic mass is 10.1. The fourth-order valence-electron chi connectivity index (χ4n) is 1.67. The van der Waals surface area contributed by atoms with Crippen LogP contribution >= 0.6 is 27.3 Å². The van der Waals surface area contributed by atoms with Gasteiger partial charge in [-0.15, -0.1) is 10.2 Å². The van der Waals surface area contributed by atoms with Gasteiger partial charge in [-0.05, 0) is 39.0 Å². The molecule has 0 bridgehead atoms. The Morgan fingerprint density at radius 3 is 2.70 bits per heavy atom. The van der Waals surface area contributed by atoms with Crippen LogP contribution in [0, 0.1) is 5.82 Å². The quantitative estimate of drug-likeness (QED) is 0.897. The second-order valence-electron chi connectivity index (χ2n) is 5.55. The molecule has 6 heteroatoms. The molecule has 2 rings (SSSR count). The van der Waals surface area contributed by atoms with Crippen molar-refractivity contribution in [3.05, 3.63) is 33.5 Å². The minimum Gasteiger partial charge on any atom is -0.312 e. The van der Waals surface area contributed by atoms with E-state index in [1.54, 1.807) is 12.1 Å². The van der Waals surface area contributed by atoms with Gasteiger partial charge >= 0.3 is 0 Å². The molecule has 0 saturated carbocycles. The zero-order valence-corrected chi connectivity index (χ0v) is 14.1. The van der Waals surface area contributed by atoms with E-state index in [1.807, 2.05) is 0 Å². The Hall–Kier alpha value is -0.850. The molecule has 3 nitrogen and oxygen atoms in total. The number of nitrogens with zero attached hydrogens (tertiary/aromatic N) is 2. The molecule has 1 aromatic carbocycles. The summed E-state index contributed by atoms with van der Waals surface area (Å²) >= 11 is 4.68. The predicted molar refractivity (Wildman–Crippen MR) is 84.5 cm³/mol. The molecule has 0 radical (unpaired) electrons. The van der Waals surface area contributed by atoms with Crippen molar-refractivity contribution >= 4 is 27.3 Å². The Labute approximate surface area is 130 Å². The zero-order chi connectivity index (χ0) is 14.8. The van der Waals surface area contributed by atoms with Gasteiger partial charge in [0.1, 0.15) is 10.8 Å². The van der Waals surface area contributed by atoms with Crippen molar-refractivity contribution in [3.63, 3.8) is 0 Å². The molecular weight excluding hydrogens is 341 g/mol. The minimum absolute atomic E-state index is 0.0886. The summed E-state index contributed by atoms with van der Waals surface area (Å²) in [6.45, 7) is 7.20. The minimum atomic E-state index is -0.283. The maximum absolute atomic E-state index is 13.9. The van der Waals surface area contributed by atoms with E-state index in [9.17, 15) is 4.39 Å². The van der Waals surface area contributed by atoms with Gasteiger partial charge < -0.3 is 5.32 Å². The maximum Gasteiger partial charge on any atom is 0.150 e. The number of hydrogen-bond donors (Lipinski definition) is 1. The summed E-state index contributed by atoms with van der Waals surface area (Å²) in [5, 5.41) is 13.1. The van der Waals surface area contributed by atoms with Gasteiger partial charge in [0.25, 0.3) is 0 Å². The lowest BCUT2D eigenvalue weighted by Gasteiger charge is -2.19. The van der Waals surface area contributed by atoms with Crippen LogP contribution in [0.4, 0.5) is 4.39 Å². The molecule has 1 aromatic heterocycles. The van der Waals surface area contributed by atoms with Crippen LogP contribution < -0.4 is 5.32 Å². The molecule has 0 aliphatic rings. The van der Waals surface area contributed by atoms with E-state index in [2.05, 4.69) is 52.2 Å². The van der Waals surface area contributed by atoms with Crippen molar-refractivity contribution in [2.75, 3.05) is 6.54 Å². The van der Waals surface area contributed by atoms with E-state index in [0.717, 1.165) is 22.4 Å². The molecule has 0 unspecified atom stereocenters. The fourth-order valence-corrected chi connectivity index (χ4v) is 2.87. The molecule has 0 fully saturated rings. The van der Waals surface area contributed by atoms with Crippen LogP contribution in [0.15, 0.2) is 22.7 Å². The Kier molecular flexibility index (Phi) is 4.88. The van der Waals surface area contributed by atoms with Crippen molar-refractivity contribution in [2.45, 2.75) is 32.7 Å².